The Balaban J connectivity index is 2.04. The van der Waals surface area contributed by atoms with E-state index >= 15 is 0 Å². The summed E-state index contributed by atoms with van der Waals surface area (Å²) in [6.45, 7) is 3.62. The molecule has 122 valence electrons. The number of fused-ring (bicyclic) bond motifs is 1. The highest BCUT2D eigenvalue weighted by atomic mass is 16.7. The fraction of sp³-hybridized carbons (Fsp3) is 0.235. The monoisotopic (exact) mass is 325 g/mol. The van der Waals surface area contributed by atoms with Crippen LogP contribution in [-0.2, 0) is 0 Å². The maximum absolute atomic E-state index is 12.3. The fourth-order valence-corrected chi connectivity index (χ4v) is 2.51. The zero-order chi connectivity index (χ0) is 17.3. The summed E-state index contributed by atoms with van der Waals surface area (Å²) in [7, 11) is 1.53. The Kier molecular flexibility index (Phi) is 3.96. The molecular weight excluding hydrogens is 310 g/mol. The van der Waals surface area contributed by atoms with Gasteiger partial charge in [0.05, 0.1) is 13.3 Å². The zero-order valence-corrected chi connectivity index (χ0v) is 13.5. The van der Waals surface area contributed by atoms with E-state index in [4.69, 9.17) is 19.5 Å². The molecule has 0 atom stereocenters. The highest BCUT2D eigenvalue weighted by Crippen LogP contribution is 2.41. The quantitative estimate of drug-likeness (QED) is 0.805. The van der Waals surface area contributed by atoms with Gasteiger partial charge in [-0.3, -0.25) is 4.79 Å². The highest BCUT2D eigenvalue weighted by Gasteiger charge is 2.19. The summed E-state index contributed by atoms with van der Waals surface area (Å²) in [6, 6.07) is 7.14. The van der Waals surface area contributed by atoms with E-state index in [-0.39, 0.29) is 12.4 Å². The van der Waals surface area contributed by atoms with Crippen LogP contribution in [-0.4, -0.2) is 24.8 Å². The summed E-state index contributed by atoms with van der Waals surface area (Å²) >= 11 is 0. The van der Waals surface area contributed by atoms with Crippen molar-refractivity contribution in [3.63, 3.8) is 0 Å². The van der Waals surface area contributed by atoms with Gasteiger partial charge in [-0.05, 0) is 37.6 Å². The molecule has 24 heavy (non-hydrogen) atoms. The van der Waals surface area contributed by atoms with E-state index in [1.165, 1.54) is 18.0 Å². The number of benzene rings is 1. The van der Waals surface area contributed by atoms with Crippen LogP contribution >= 0.6 is 0 Å². The van der Waals surface area contributed by atoms with Crippen LogP contribution in [0, 0.1) is 25.2 Å². The number of hydrogen-bond acceptors (Lipinski definition) is 6. The number of nitrogens with zero attached hydrogens (tertiary/aromatic N) is 3. The predicted octanol–water partition coefficient (Wildman–Crippen LogP) is 1.96. The molecule has 0 radical (unpaired) electrons. The lowest BCUT2D eigenvalue weighted by atomic mass is 10.1. The second-order valence-corrected chi connectivity index (χ2v) is 5.27. The third-order valence-electron chi connectivity index (χ3n) is 3.67. The Morgan fingerprint density at radius 3 is 2.83 bits per heavy atom. The van der Waals surface area contributed by atoms with Gasteiger partial charge >= 0.3 is 0 Å². The van der Waals surface area contributed by atoms with Gasteiger partial charge in [0, 0.05) is 11.3 Å². The van der Waals surface area contributed by atoms with Crippen molar-refractivity contribution in [2.24, 2.45) is 5.10 Å². The Bertz CT molecular complexity index is 938. The van der Waals surface area contributed by atoms with Crippen molar-refractivity contribution in [1.82, 2.24) is 4.68 Å². The molecule has 1 aromatic heterocycles. The van der Waals surface area contributed by atoms with E-state index < -0.39 is 5.56 Å². The molecule has 0 amide bonds. The fourth-order valence-electron chi connectivity index (χ4n) is 2.51. The van der Waals surface area contributed by atoms with Gasteiger partial charge in [0.1, 0.15) is 11.6 Å². The van der Waals surface area contributed by atoms with Crippen LogP contribution in [0.15, 0.2) is 28.1 Å². The van der Waals surface area contributed by atoms with E-state index in [0.29, 0.717) is 34.1 Å². The SMILES string of the molecule is COc1cc(/C=N\n2c(C)cc(C)c(C#N)c2=O)cc2c1OCO2. The Morgan fingerprint density at radius 1 is 1.33 bits per heavy atom. The Morgan fingerprint density at radius 2 is 2.12 bits per heavy atom. The topological polar surface area (TPSA) is 85.8 Å². The minimum absolute atomic E-state index is 0.0843. The number of hydrogen-bond donors (Lipinski definition) is 0. The van der Waals surface area contributed by atoms with Gasteiger partial charge in [-0.2, -0.15) is 10.4 Å². The molecule has 2 heterocycles. The maximum atomic E-state index is 12.3. The van der Waals surface area contributed by atoms with Gasteiger partial charge in [0.25, 0.3) is 5.56 Å². The standard InChI is InChI=1S/C17H15N3O4/c1-10-4-11(2)20(17(21)13(10)7-18)19-8-12-5-14(22-3)16-15(6-12)23-9-24-16/h4-6,8H,9H2,1-3H3/b19-8-. The third kappa shape index (κ3) is 2.58. The number of pyridine rings is 1. The number of aromatic nitrogens is 1. The Labute approximate surface area is 138 Å². The summed E-state index contributed by atoms with van der Waals surface area (Å²) < 4.78 is 17.2. The minimum atomic E-state index is -0.445. The molecule has 0 saturated carbocycles. The molecule has 0 aliphatic carbocycles. The number of methoxy groups -OCH3 is 1. The van der Waals surface area contributed by atoms with Crippen LogP contribution in [0.25, 0.3) is 0 Å². The molecule has 1 aliphatic heterocycles. The van der Waals surface area contributed by atoms with Crippen molar-refractivity contribution in [1.29, 1.82) is 5.26 Å². The van der Waals surface area contributed by atoms with Crippen molar-refractivity contribution in [3.05, 3.63) is 50.9 Å². The average Bonchev–Trinajstić information content (AvgIpc) is 3.02. The molecule has 0 saturated heterocycles. The number of rotatable bonds is 3. The zero-order valence-electron chi connectivity index (χ0n) is 13.5. The average molecular weight is 325 g/mol. The molecule has 0 spiro atoms. The van der Waals surface area contributed by atoms with Crippen molar-refractivity contribution in [3.8, 4) is 23.3 Å². The summed E-state index contributed by atoms with van der Waals surface area (Å²) in [5.74, 6) is 1.63. The van der Waals surface area contributed by atoms with E-state index in [9.17, 15) is 4.79 Å². The number of nitriles is 1. The number of ether oxygens (including phenoxy) is 3. The molecular formula is C17H15N3O4. The lowest BCUT2D eigenvalue weighted by Crippen LogP contribution is -2.22. The minimum Gasteiger partial charge on any atom is -0.493 e. The third-order valence-corrected chi connectivity index (χ3v) is 3.67. The lowest BCUT2D eigenvalue weighted by molar-refractivity contribution is 0.171. The van der Waals surface area contributed by atoms with Crippen LogP contribution < -0.4 is 19.8 Å². The van der Waals surface area contributed by atoms with Gasteiger partial charge in [-0.1, -0.05) is 0 Å². The van der Waals surface area contributed by atoms with Crippen molar-refractivity contribution < 1.29 is 14.2 Å². The van der Waals surface area contributed by atoms with Crippen LogP contribution in [0.2, 0.25) is 0 Å². The van der Waals surface area contributed by atoms with Gasteiger partial charge in [-0.25, -0.2) is 4.68 Å². The Hall–Kier alpha value is -3.27. The summed E-state index contributed by atoms with van der Waals surface area (Å²) in [4.78, 5) is 12.3. The van der Waals surface area contributed by atoms with Gasteiger partial charge in [-0.15, -0.1) is 0 Å². The van der Waals surface area contributed by atoms with Crippen LogP contribution in [0.3, 0.4) is 0 Å². The van der Waals surface area contributed by atoms with Gasteiger partial charge < -0.3 is 14.2 Å². The van der Waals surface area contributed by atoms with Crippen LogP contribution in [0.5, 0.6) is 17.2 Å². The van der Waals surface area contributed by atoms with E-state index in [2.05, 4.69) is 5.10 Å². The molecule has 0 bridgehead atoms. The molecule has 7 heteroatoms. The molecule has 0 fully saturated rings. The highest BCUT2D eigenvalue weighted by molar-refractivity contribution is 5.82. The largest absolute Gasteiger partial charge is 0.493 e. The molecule has 2 aromatic rings. The van der Waals surface area contributed by atoms with Crippen LogP contribution in [0.1, 0.15) is 22.4 Å². The summed E-state index contributed by atoms with van der Waals surface area (Å²) in [6.07, 6.45) is 1.51. The smallest absolute Gasteiger partial charge is 0.289 e. The molecule has 3 rings (SSSR count). The van der Waals surface area contributed by atoms with Gasteiger partial charge in [0.2, 0.25) is 12.5 Å². The molecule has 0 unspecified atom stereocenters. The summed E-state index contributed by atoms with van der Waals surface area (Å²) in [5.41, 5.74) is 1.60. The molecule has 7 nitrogen and oxygen atoms in total. The van der Waals surface area contributed by atoms with Gasteiger partial charge in [0.15, 0.2) is 11.5 Å². The van der Waals surface area contributed by atoms with Crippen molar-refractivity contribution >= 4 is 6.21 Å². The first-order valence-corrected chi connectivity index (χ1v) is 7.20. The van der Waals surface area contributed by atoms with E-state index in [1.807, 2.05) is 6.07 Å². The predicted molar refractivity (Wildman–Crippen MR) is 87.0 cm³/mol. The normalized spacial score (nSPS) is 12.4. The first-order chi connectivity index (χ1) is 11.5. The first-order valence-electron chi connectivity index (χ1n) is 7.20. The van der Waals surface area contributed by atoms with E-state index in [0.717, 1.165) is 0 Å². The molecule has 1 aromatic carbocycles. The number of aryl methyl sites for hydroxylation is 2. The first kappa shape index (κ1) is 15.6. The second-order valence-electron chi connectivity index (χ2n) is 5.27. The maximum Gasteiger partial charge on any atom is 0.289 e. The second kappa shape index (κ2) is 6.08. The lowest BCUT2D eigenvalue weighted by Gasteiger charge is -2.07. The van der Waals surface area contributed by atoms with Crippen molar-refractivity contribution in [2.45, 2.75) is 13.8 Å². The van der Waals surface area contributed by atoms with Crippen LogP contribution in [0.4, 0.5) is 0 Å². The van der Waals surface area contributed by atoms with E-state index in [1.54, 1.807) is 32.0 Å². The molecule has 1 aliphatic rings. The van der Waals surface area contributed by atoms with Crippen molar-refractivity contribution in [2.75, 3.05) is 13.9 Å². The summed E-state index contributed by atoms with van der Waals surface area (Å²) in [5, 5.41) is 13.3. The molecule has 0 N–H and O–H groups in total.